The molecule has 2 atom stereocenters. The van der Waals surface area contributed by atoms with Crippen LogP contribution < -0.4 is 4.72 Å². The van der Waals surface area contributed by atoms with Crippen LogP contribution in [-0.4, -0.2) is 42.4 Å². The van der Waals surface area contributed by atoms with E-state index in [9.17, 15) is 8.42 Å². The SMILES string of the molecule is CCCn1cc(S(=O)(=O)NC2COCC2Cc2ccnc3ccccc23)cn1. The third-order valence-corrected chi connectivity index (χ3v) is 6.54. The van der Waals surface area contributed by atoms with Gasteiger partial charge in [0.25, 0.3) is 0 Å². The van der Waals surface area contributed by atoms with Gasteiger partial charge in [0.2, 0.25) is 10.0 Å². The van der Waals surface area contributed by atoms with Gasteiger partial charge in [-0.1, -0.05) is 25.1 Å². The molecule has 8 heteroatoms. The molecule has 0 bridgehead atoms. The Hall–Kier alpha value is -2.29. The lowest BCUT2D eigenvalue weighted by Crippen LogP contribution is -2.40. The Morgan fingerprint density at radius 1 is 1.25 bits per heavy atom. The minimum Gasteiger partial charge on any atom is -0.379 e. The minimum absolute atomic E-state index is 0.0614. The fourth-order valence-corrected chi connectivity index (χ4v) is 4.89. The molecule has 1 aliphatic rings. The molecular weight excluding hydrogens is 376 g/mol. The molecule has 1 fully saturated rings. The van der Waals surface area contributed by atoms with Crippen LogP contribution in [0.4, 0.5) is 0 Å². The number of rotatable bonds is 7. The van der Waals surface area contributed by atoms with E-state index in [2.05, 4.69) is 20.9 Å². The average Bonchev–Trinajstić information content (AvgIpc) is 3.32. The number of hydrogen-bond donors (Lipinski definition) is 1. The molecule has 7 nitrogen and oxygen atoms in total. The predicted octanol–water partition coefficient (Wildman–Crippen LogP) is 2.38. The Labute approximate surface area is 164 Å². The van der Waals surface area contributed by atoms with Crippen LogP contribution in [-0.2, 0) is 27.7 Å². The van der Waals surface area contributed by atoms with Crippen molar-refractivity contribution in [2.24, 2.45) is 5.92 Å². The normalized spacial score (nSPS) is 20.0. The molecule has 0 spiro atoms. The minimum atomic E-state index is -3.63. The first-order valence-electron chi connectivity index (χ1n) is 9.52. The highest BCUT2D eigenvalue weighted by Gasteiger charge is 2.33. The smallest absolute Gasteiger partial charge is 0.244 e. The largest absolute Gasteiger partial charge is 0.379 e. The second-order valence-corrected chi connectivity index (χ2v) is 8.87. The van der Waals surface area contributed by atoms with Crippen molar-refractivity contribution in [2.45, 2.75) is 37.2 Å². The van der Waals surface area contributed by atoms with Crippen molar-refractivity contribution in [3.63, 3.8) is 0 Å². The molecule has 1 aromatic carbocycles. The second kappa shape index (κ2) is 7.98. The van der Waals surface area contributed by atoms with E-state index in [1.165, 1.54) is 6.20 Å². The van der Waals surface area contributed by atoms with Gasteiger partial charge in [-0.25, -0.2) is 13.1 Å². The van der Waals surface area contributed by atoms with E-state index >= 15 is 0 Å². The van der Waals surface area contributed by atoms with E-state index in [0.717, 1.165) is 29.3 Å². The molecule has 28 heavy (non-hydrogen) atoms. The van der Waals surface area contributed by atoms with Crippen LogP contribution in [0, 0.1) is 5.92 Å². The van der Waals surface area contributed by atoms with Gasteiger partial charge in [0, 0.05) is 30.2 Å². The van der Waals surface area contributed by atoms with Crippen LogP contribution in [0.15, 0.2) is 53.8 Å². The maximum atomic E-state index is 12.8. The average molecular weight is 401 g/mol. The summed E-state index contributed by atoms with van der Waals surface area (Å²) in [6.45, 7) is 3.62. The summed E-state index contributed by atoms with van der Waals surface area (Å²) < 4.78 is 35.7. The summed E-state index contributed by atoms with van der Waals surface area (Å²) in [5.74, 6) is 0.0614. The van der Waals surface area contributed by atoms with Gasteiger partial charge in [0.05, 0.1) is 31.0 Å². The zero-order valence-electron chi connectivity index (χ0n) is 15.8. The highest BCUT2D eigenvalue weighted by atomic mass is 32.2. The predicted molar refractivity (Wildman–Crippen MR) is 106 cm³/mol. The fourth-order valence-electron chi connectivity index (χ4n) is 3.65. The van der Waals surface area contributed by atoms with E-state index < -0.39 is 10.0 Å². The lowest BCUT2D eigenvalue weighted by Gasteiger charge is -2.19. The zero-order chi connectivity index (χ0) is 19.6. The number of benzene rings is 1. The van der Waals surface area contributed by atoms with E-state index in [1.54, 1.807) is 17.1 Å². The van der Waals surface area contributed by atoms with Crippen molar-refractivity contribution in [1.29, 1.82) is 0 Å². The second-order valence-electron chi connectivity index (χ2n) is 7.16. The Morgan fingerprint density at radius 2 is 2.11 bits per heavy atom. The lowest BCUT2D eigenvalue weighted by molar-refractivity contribution is 0.183. The van der Waals surface area contributed by atoms with Crippen LogP contribution in [0.5, 0.6) is 0 Å². The van der Waals surface area contributed by atoms with Crippen molar-refractivity contribution in [1.82, 2.24) is 19.5 Å². The van der Waals surface area contributed by atoms with Gasteiger partial charge in [0.1, 0.15) is 4.90 Å². The molecule has 1 saturated heterocycles. The van der Waals surface area contributed by atoms with E-state index in [0.29, 0.717) is 19.8 Å². The summed E-state index contributed by atoms with van der Waals surface area (Å²) in [6, 6.07) is 9.72. The lowest BCUT2D eigenvalue weighted by atomic mass is 9.93. The van der Waals surface area contributed by atoms with E-state index in [-0.39, 0.29) is 16.9 Å². The first-order valence-corrected chi connectivity index (χ1v) is 11.0. The number of aryl methyl sites for hydroxylation is 1. The summed E-state index contributed by atoms with van der Waals surface area (Å²) in [4.78, 5) is 4.60. The Kier molecular flexibility index (Phi) is 5.43. The molecule has 0 saturated carbocycles. The molecule has 1 aliphatic heterocycles. The number of hydrogen-bond acceptors (Lipinski definition) is 5. The standard InChI is InChI=1S/C20H24N4O3S/c1-2-9-24-12-17(11-22-24)28(25,26)23-20-14-27-13-16(20)10-15-7-8-21-19-6-4-3-5-18(15)19/h3-8,11-12,16,20,23H,2,9-10,13-14H2,1H3. The molecule has 148 valence electrons. The quantitative estimate of drug-likeness (QED) is 0.658. The third kappa shape index (κ3) is 3.94. The molecule has 0 radical (unpaired) electrons. The van der Waals surface area contributed by atoms with Gasteiger partial charge in [0.15, 0.2) is 0 Å². The van der Waals surface area contributed by atoms with Crippen LogP contribution in [0.3, 0.4) is 0 Å². The molecule has 0 aliphatic carbocycles. The molecule has 3 heterocycles. The molecule has 2 aromatic heterocycles. The van der Waals surface area contributed by atoms with Crippen LogP contribution >= 0.6 is 0 Å². The summed E-state index contributed by atoms with van der Waals surface area (Å²) in [7, 11) is -3.63. The van der Waals surface area contributed by atoms with Gasteiger partial charge in [-0.15, -0.1) is 0 Å². The van der Waals surface area contributed by atoms with Crippen LogP contribution in [0.25, 0.3) is 10.9 Å². The number of sulfonamides is 1. The monoisotopic (exact) mass is 400 g/mol. The topological polar surface area (TPSA) is 86.1 Å². The van der Waals surface area contributed by atoms with Gasteiger partial charge in [-0.05, 0) is 30.5 Å². The van der Waals surface area contributed by atoms with Crippen molar-refractivity contribution in [2.75, 3.05) is 13.2 Å². The van der Waals surface area contributed by atoms with Gasteiger partial charge >= 0.3 is 0 Å². The van der Waals surface area contributed by atoms with Crippen molar-refractivity contribution in [3.05, 3.63) is 54.5 Å². The molecule has 0 amide bonds. The number of para-hydroxylation sites is 1. The van der Waals surface area contributed by atoms with Gasteiger partial charge < -0.3 is 4.74 Å². The van der Waals surface area contributed by atoms with Crippen LogP contribution in [0.1, 0.15) is 18.9 Å². The number of ether oxygens (including phenoxy) is 1. The Balaban J connectivity index is 1.51. The molecule has 1 N–H and O–H groups in total. The van der Waals surface area contributed by atoms with Crippen LogP contribution in [0.2, 0.25) is 0 Å². The summed E-state index contributed by atoms with van der Waals surface area (Å²) in [6.07, 6.45) is 6.40. The first-order chi connectivity index (χ1) is 13.6. The molecule has 2 unspecified atom stereocenters. The number of aromatic nitrogens is 3. The number of pyridine rings is 1. The zero-order valence-corrected chi connectivity index (χ0v) is 16.6. The molecule has 4 rings (SSSR count). The highest BCUT2D eigenvalue weighted by molar-refractivity contribution is 7.89. The molecule has 3 aromatic rings. The summed E-state index contributed by atoms with van der Waals surface area (Å²) >= 11 is 0. The Morgan fingerprint density at radius 3 is 2.96 bits per heavy atom. The number of nitrogens with one attached hydrogen (secondary N) is 1. The summed E-state index contributed by atoms with van der Waals surface area (Å²) in [5.41, 5.74) is 2.10. The first kappa shape index (κ1) is 19.0. The Bertz CT molecular complexity index is 1060. The molecular formula is C20H24N4O3S. The van der Waals surface area contributed by atoms with Crippen molar-refractivity contribution in [3.8, 4) is 0 Å². The maximum Gasteiger partial charge on any atom is 0.244 e. The fraction of sp³-hybridized carbons (Fsp3) is 0.400. The van der Waals surface area contributed by atoms with Gasteiger partial charge in [-0.2, -0.15) is 5.10 Å². The highest BCUT2D eigenvalue weighted by Crippen LogP contribution is 2.25. The number of fused-ring (bicyclic) bond motifs is 1. The van der Waals surface area contributed by atoms with Crippen molar-refractivity contribution >= 4 is 20.9 Å². The maximum absolute atomic E-state index is 12.8. The van der Waals surface area contributed by atoms with Crippen molar-refractivity contribution < 1.29 is 13.2 Å². The third-order valence-electron chi connectivity index (χ3n) is 5.10. The van der Waals surface area contributed by atoms with Gasteiger partial charge in [-0.3, -0.25) is 9.67 Å². The number of nitrogens with zero attached hydrogens (tertiary/aromatic N) is 3. The summed E-state index contributed by atoms with van der Waals surface area (Å²) in [5, 5.41) is 5.22. The van der Waals surface area contributed by atoms with E-state index in [4.69, 9.17) is 4.74 Å². The van der Waals surface area contributed by atoms with E-state index in [1.807, 2.05) is 31.2 Å².